The molecule has 2 amide bonds. The van der Waals surface area contributed by atoms with E-state index in [9.17, 15) is 9.59 Å². The van der Waals surface area contributed by atoms with Crippen LogP contribution in [0.25, 0.3) is 0 Å². The topological polar surface area (TPSA) is 78.4 Å². The van der Waals surface area contributed by atoms with E-state index in [0.717, 1.165) is 11.3 Å². The highest BCUT2D eigenvalue weighted by atomic mass is 35.5. The molecule has 20 heavy (non-hydrogen) atoms. The van der Waals surface area contributed by atoms with Crippen molar-refractivity contribution < 1.29 is 14.7 Å². The van der Waals surface area contributed by atoms with Crippen molar-refractivity contribution >= 4 is 34.9 Å². The van der Waals surface area contributed by atoms with E-state index in [1.807, 2.05) is 13.0 Å². The third-order valence-electron chi connectivity index (χ3n) is 3.55. The Morgan fingerprint density at radius 3 is 2.65 bits per heavy atom. The van der Waals surface area contributed by atoms with Gasteiger partial charge in [0.25, 0.3) is 0 Å². The predicted molar refractivity (Wildman–Crippen MR) is 78.2 cm³/mol. The van der Waals surface area contributed by atoms with Crippen LogP contribution in [0, 0.1) is 0 Å². The van der Waals surface area contributed by atoms with Crippen LogP contribution in [0.2, 0.25) is 4.34 Å². The average molecular weight is 317 g/mol. The zero-order chi connectivity index (χ0) is 14.8. The Hall–Kier alpha value is -1.27. The monoisotopic (exact) mass is 316 g/mol. The van der Waals surface area contributed by atoms with Crippen molar-refractivity contribution in [1.29, 1.82) is 0 Å². The van der Waals surface area contributed by atoms with Crippen molar-refractivity contribution in [1.82, 2.24) is 10.6 Å². The van der Waals surface area contributed by atoms with Crippen LogP contribution in [0.15, 0.2) is 12.1 Å². The van der Waals surface area contributed by atoms with Gasteiger partial charge in [-0.15, -0.1) is 11.3 Å². The van der Waals surface area contributed by atoms with Gasteiger partial charge in [-0.2, -0.15) is 0 Å². The van der Waals surface area contributed by atoms with Crippen LogP contribution < -0.4 is 10.6 Å². The summed E-state index contributed by atoms with van der Waals surface area (Å²) in [6, 6.07) is 3.17. The van der Waals surface area contributed by atoms with E-state index in [1.54, 1.807) is 6.07 Å². The summed E-state index contributed by atoms with van der Waals surface area (Å²) in [4.78, 5) is 23.8. The summed E-state index contributed by atoms with van der Waals surface area (Å²) in [7, 11) is 0. The molecule has 0 spiro atoms. The first-order valence-electron chi connectivity index (χ1n) is 6.46. The number of carbonyl (C=O) groups is 2. The molecule has 0 saturated heterocycles. The summed E-state index contributed by atoms with van der Waals surface area (Å²) in [5.74, 6) is -0.886. The normalized spacial score (nSPS) is 17.9. The Bertz CT molecular complexity index is 513. The minimum absolute atomic E-state index is 0.0281. The Morgan fingerprint density at radius 1 is 1.50 bits per heavy atom. The smallest absolute Gasteiger partial charge is 0.315 e. The molecular formula is C13H17ClN2O3S. The van der Waals surface area contributed by atoms with Crippen molar-refractivity contribution in [2.24, 2.45) is 0 Å². The van der Waals surface area contributed by atoms with Gasteiger partial charge in [-0.1, -0.05) is 11.6 Å². The van der Waals surface area contributed by atoms with E-state index in [1.165, 1.54) is 11.3 Å². The minimum Gasteiger partial charge on any atom is -0.481 e. The maximum Gasteiger partial charge on any atom is 0.315 e. The second kappa shape index (κ2) is 6.01. The molecule has 5 nitrogen and oxygen atoms in total. The number of thiophene rings is 1. The first-order chi connectivity index (χ1) is 9.40. The van der Waals surface area contributed by atoms with E-state index >= 15 is 0 Å². The summed E-state index contributed by atoms with van der Waals surface area (Å²) in [6.45, 7) is 1.87. The maximum atomic E-state index is 12.0. The summed E-state index contributed by atoms with van der Waals surface area (Å²) in [5.41, 5.74) is -0.581. The number of hydrogen-bond acceptors (Lipinski definition) is 3. The zero-order valence-corrected chi connectivity index (χ0v) is 12.7. The third-order valence-corrected chi connectivity index (χ3v) is 4.96. The Labute approximate surface area is 126 Å². The molecule has 1 aromatic rings. The molecular weight excluding hydrogens is 300 g/mol. The van der Waals surface area contributed by atoms with Crippen LogP contribution >= 0.6 is 22.9 Å². The second-order valence-electron chi connectivity index (χ2n) is 5.17. The number of urea groups is 1. The number of halogens is 1. The third kappa shape index (κ3) is 3.64. The van der Waals surface area contributed by atoms with Crippen molar-refractivity contribution in [3.8, 4) is 0 Å². The predicted octanol–water partition coefficient (Wildman–Crippen LogP) is 3.16. The number of nitrogens with one attached hydrogen (secondary N) is 2. The van der Waals surface area contributed by atoms with Crippen molar-refractivity contribution in [3.63, 3.8) is 0 Å². The molecule has 110 valence electrons. The van der Waals surface area contributed by atoms with Crippen LogP contribution in [0.1, 0.15) is 43.5 Å². The molecule has 1 aliphatic carbocycles. The highest BCUT2D eigenvalue weighted by Gasteiger charge is 2.40. The molecule has 0 aromatic carbocycles. The van der Waals surface area contributed by atoms with Gasteiger partial charge in [0.15, 0.2) is 0 Å². The summed E-state index contributed by atoms with van der Waals surface area (Å²) < 4.78 is 0.676. The quantitative estimate of drug-likeness (QED) is 0.780. The molecule has 2 rings (SSSR count). The first-order valence-corrected chi connectivity index (χ1v) is 7.65. The van der Waals surface area contributed by atoms with E-state index in [2.05, 4.69) is 10.6 Å². The summed E-state index contributed by atoms with van der Waals surface area (Å²) >= 11 is 7.28. The van der Waals surface area contributed by atoms with Gasteiger partial charge in [0.05, 0.1) is 22.3 Å². The Morgan fingerprint density at radius 2 is 2.20 bits per heavy atom. The van der Waals surface area contributed by atoms with E-state index in [0.29, 0.717) is 17.2 Å². The number of rotatable bonds is 5. The number of carboxylic acids is 1. The number of aliphatic carboxylic acids is 1. The number of carbonyl (C=O) groups excluding carboxylic acids is 1. The Balaban J connectivity index is 1.90. The number of amides is 2. The summed E-state index contributed by atoms with van der Waals surface area (Å²) in [6.07, 6.45) is 2.35. The van der Waals surface area contributed by atoms with Gasteiger partial charge in [0.1, 0.15) is 0 Å². The van der Waals surface area contributed by atoms with Crippen LogP contribution in [0.3, 0.4) is 0 Å². The second-order valence-corrected chi connectivity index (χ2v) is 6.91. The molecule has 1 aromatic heterocycles. The lowest BCUT2D eigenvalue weighted by molar-refractivity contribution is -0.139. The highest BCUT2D eigenvalue weighted by molar-refractivity contribution is 7.16. The van der Waals surface area contributed by atoms with Crippen LogP contribution in [0.4, 0.5) is 4.79 Å². The van der Waals surface area contributed by atoms with E-state index < -0.39 is 11.5 Å². The van der Waals surface area contributed by atoms with Gasteiger partial charge < -0.3 is 15.7 Å². The maximum absolute atomic E-state index is 12.0. The van der Waals surface area contributed by atoms with E-state index in [4.69, 9.17) is 16.7 Å². The standard InChI is InChI=1S/C13H17ClN2O3S/c1-8(9-3-4-10(14)20-9)15-12(19)16-13(5-2-6-13)7-11(17)18/h3-4,8H,2,5-7H2,1H3,(H,17,18)(H2,15,16,19). The molecule has 1 fully saturated rings. The van der Waals surface area contributed by atoms with Crippen LogP contribution in [0.5, 0.6) is 0 Å². The molecule has 1 heterocycles. The van der Waals surface area contributed by atoms with Gasteiger partial charge in [0, 0.05) is 4.88 Å². The largest absolute Gasteiger partial charge is 0.481 e. The lowest BCUT2D eigenvalue weighted by atomic mass is 9.74. The van der Waals surface area contributed by atoms with Crippen molar-refractivity contribution in [2.45, 2.75) is 44.2 Å². The molecule has 1 atom stereocenters. The molecule has 1 aliphatic rings. The van der Waals surface area contributed by atoms with Gasteiger partial charge in [0.2, 0.25) is 0 Å². The van der Waals surface area contributed by atoms with Gasteiger partial charge in [-0.05, 0) is 38.3 Å². The fourth-order valence-corrected chi connectivity index (χ4v) is 3.41. The van der Waals surface area contributed by atoms with Gasteiger partial charge in [-0.3, -0.25) is 4.79 Å². The molecule has 1 saturated carbocycles. The van der Waals surface area contributed by atoms with E-state index in [-0.39, 0.29) is 18.5 Å². The fraction of sp³-hybridized carbons (Fsp3) is 0.538. The van der Waals surface area contributed by atoms with Crippen molar-refractivity contribution in [3.05, 3.63) is 21.3 Å². The zero-order valence-electron chi connectivity index (χ0n) is 11.1. The lowest BCUT2D eigenvalue weighted by Crippen LogP contribution is -2.57. The minimum atomic E-state index is -0.886. The van der Waals surface area contributed by atoms with Crippen molar-refractivity contribution in [2.75, 3.05) is 0 Å². The lowest BCUT2D eigenvalue weighted by Gasteiger charge is -2.41. The molecule has 3 N–H and O–H groups in total. The molecule has 0 radical (unpaired) electrons. The van der Waals surface area contributed by atoms with Gasteiger partial charge in [-0.25, -0.2) is 4.79 Å². The first kappa shape index (κ1) is 15.1. The number of hydrogen-bond donors (Lipinski definition) is 3. The number of carboxylic acid groups (broad SMARTS) is 1. The SMILES string of the molecule is CC(NC(=O)NC1(CC(=O)O)CCC1)c1ccc(Cl)s1. The average Bonchev–Trinajstić information content (AvgIpc) is 2.72. The van der Waals surface area contributed by atoms with Crippen LogP contribution in [-0.2, 0) is 4.79 Å². The molecule has 7 heteroatoms. The fourth-order valence-electron chi connectivity index (χ4n) is 2.34. The van der Waals surface area contributed by atoms with Crippen LogP contribution in [-0.4, -0.2) is 22.6 Å². The Kier molecular flexibility index (Phi) is 4.55. The molecule has 0 bridgehead atoms. The molecule has 0 aliphatic heterocycles. The highest BCUT2D eigenvalue weighted by Crippen LogP contribution is 2.35. The summed E-state index contributed by atoms with van der Waals surface area (Å²) in [5, 5.41) is 14.5. The van der Waals surface area contributed by atoms with Gasteiger partial charge >= 0.3 is 12.0 Å². The molecule has 1 unspecified atom stereocenters.